The molecule has 1 aromatic rings. The van der Waals surface area contributed by atoms with Gasteiger partial charge in [-0.3, -0.25) is 18.7 Å². The first-order chi connectivity index (χ1) is 17.5. The third-order valence-corrected chi connectivity index (χ3v) is 7.29. The largest absolute Gasteiger partial charge is 0.464 e. The van der Waals surface area contributed by atoms with Gasteiger partial charge in [0.15, 0.2) is 0 Å². The summed E-state index contributed by atoms with van der Waals surface area (Å²) < 4.78 is 30.3. The normalized spacial score (nSPS) is 19.7. The maximum atomic E-state index is 12.6. The highest BCUT2D eigenvalue weighted by Gasteiger charge is 2.51. The molecule has 1 aliphatic rings. The lowest BCUT2D eigenvalue weighted by Crippen LogP contribution is -2.33. The second-order valence-electron chi connectivity index (χ2n) is 9.93. The average molecular weight is 541 g/mol. The number of carbonyl (C=O) groups is 2. The van der Waals surface area contributed by atoms with Crippen LogP contribution < -0.4 is 16.5 Å². The molecule has 1 heterocycles. The Kier molecular flexibility index (Phi) is 12.0. The SMILES string of the molecule is CCCC(CCC)COC(=O)[C@H](C)N[PH](=O)OCC1(COC(=O)C(C)C)C/C1=C/n1ccc(N)nc1=O. The summed E-state index contributed by atoms with van der Waals surface area (Å²) in [5, 5.41) is 2.67. The monoisotopic (exact) mass is 540 g/mol. The molecule has 208 valence electrons. The van der Waals surface area contributed by atoms with Crippen molar-refractivity contribution in [2.24, 2.45) is 17.3 Å². The number of hydrogen-bond donors (Lipinski definition) is 2. The number of carbonyl (C=O) groups excluding carboxylic acids is 2. The number of hydrogen-bond acceptors (Lipinski definition) is 9. The summed E-state index contributed by atoms with van der Waals surface area (Å²) in [7, 11) is -2.81. The third kappa shape index (κ3) is 9.72. The van der Waals surface area contributed by atoms with Crippen molar-refractivity contribution in [3.8, 4) is 0 Å². The van der Waals surface area contributed by atoms with E-state index >= 15 is 0 Å². The predicted molar refractivity (Wildman–Crippen MR) is 142 cm³/mol. The Morgan fingerprint density at radius 2 is 1.86 bits per heavy atom. The molecule has 0 amide bonds. The Labute approximate surface area is 219 Å². The number of esters is 2. The van der Waals surface area contributed by atoms with E-state index in [0.717, 1.165) is 31.3 Å². The Balaban J connectivity index is 1.98. The van der Waals surface area contributed by atoms with E-state index in [0.29, 0.717) is 18.9 Å². The fraction of sp³-hybridized carbons (Fsp3) is 0.680. The van der Waals surface area contributed by atoms with Gasteiger partial charge in [-0.1, -0.05) is 40.5 Å². The predicted octanol–water partition coefficient (Wildman–Crippen LogP) is 3.40. The topological polar surface area (TPSA) is 152 Å². The number of anilines is 1. The molecule has 2 rings (SSSR count). The van der Waals surface area contributed by atoms with E-state index in [2.05, 4.69) is 23.9 Å². The molecule has 3 N–H and O–H groups in total. The van der Waals surface area contributed by atoms with Crippen LogP contribution in [0.3, 0.4) is 0 Å². The first kappa shape index (κ1) is 30.7. The van der Waals surface area contributed by atoms with E-state index in [1.54, 1.807) is 27.0 Å². The van der Waals surface area contributed by atoms with Gasteiger partial charge in [0.2, 0.25) is 0 Å². The highest BCUT2D eigenvalue weighted by atomic mass is 31.1. The summed E-state index contributed by atoms with van der Waals surface area (Å²) in [5.74, 6) is -0.739. The maximum absolute atomic E-state index is 12.6. The van der Waals surface area contributed by atoms with Crippen LogP contribution in [0.5, 0.6) is 0 Å². The van der Waals surface area contributed by atoms with E-state index in [1.165, 1.54) is 16.8 Å². The zero-order chi connectivity index (χ0) is 27.6. The standard InChI is InChI=1S/C25H41N4O7P/c1-6-8-19(9-7-2)14-34-23(31)18(5)28-37(33)36-16-25(15-35-22(30)17(3)4)12-20(25)13-29-11-10-21(26)27-24(29)32/h10-11,13,17-19,37H,6-9,12,14-16H2,1-5H3,(H,28,33)(H2,26,27,32)/b20-13-/t18-,25?/m0/s1. The molecule has 0 bridgehead atoms. The van der Waals surface area contributed by atoms with Crippen LogP contribution in [-0.2, 0) is 28.2 Å². The van der Waals surface area contributed by atoms with E-state index < -0.39 is 31.3 Å². The van der Waals surface area contributed by atoms with Gasteiger partial charge in [0.25, 0.3) is 8.18 Å². The lowest BCUT2D eigenvalue weighted by molar-refractivity contribution is -0.149. The fourth-order valence-electron chi connectivity index (χ4n) is 3.83. The minimum Gasteiger partial charge on any atom is -0.464 e. The first-order valence-corrected chi connectivity index (χ1v) is 14.1. The van der Waals surface area contributed by atoms with Gasteiger partial charge in [-0.25, -0.2) is 9.88 Å². The van der Waals surface area contributed by atoms with Gasteiger partial charge >= 0.3 is 17.6 Å². The van der Waals surface area contributed by atoms with Crippen molar-refractivity contribution in [1.82, 2.24) is 14.6 Å². The maximum Gasteiger partial charge on any atom is 0.353 e. The van der Waals surface area contributed by atoms with Crippen LogP contribution in [0.25, 0.3) is 6.20 Å². The van der Waals surface area contributed by atoms with Gasteiger partial charge in [0.1, 0.15) is 18.5 Å². The van der Waals surface area contributed by atoms with Crippen molar-refractivity contribution in [2.45, 2.75) is 72.8 Å². The number of ether oxygens (including phenoxy) is 2. The van der Waals surface area contributed by atoms with Crippen LogP contribution in [0.2, 0.25) is 0 Å². The van der Waals surface area contributed by atoms with Crippen LogP contribution in [0.1, 0.15) is 66.7 Å². The molecule has 11 nitrogen and oxygen atoms in total. The van der Waals surface area contributed by atoms with Crippen LogP contribution in [0, 0.1) is 17.3 Å². The van der Waals surface area contributed by atoms with Crippen molar-refractivity contribution in [1.29, 1.82) is 0 Å². The molecular weight excluding hydrogens is 499 g/mol. The molecule has 0 saturated heterocycles. The molecule has 1 aromatic heterocycles. The molecule has 37 heavy (non-hydrogen) atoms. The van der Waals surface area contributed by atoms with Crippen molar-refractivity contribution < 1.29 is 28.2 Å². The Morgan fingerprint density at radius 3 is 2.46 bits per heavy atom. The summed E-state index contributed by atoms with van der Waals surface area (Å²) in [6.07, 6.45) is 7.57. The van der Waals surface area contributed by atoms with Crippen molar-refractivity contribution in [2.75, 3.05) is 25.6 Å². The molecule has 0 aliphatic heterocycles. The molecule has 12 heteroatoms. The zero-order valence-corrected chi connectivity index (χ0v) is 23.5. The molecule has 1 fully saturated rings. The van der Waals surface area contributed by atoms with Gasteiger partial charge < -0.3 is 19.7 Å². The summed E-state index contributed by atoms with van der Waals surface area (Å²) >= 11 is 0. The zero-order valence-electron chi connectivity index (χ0n) is 22.5. The van der Waals surface area contributed by atoms with E-state index in [1.807, 2.05) is 0 Å². The Bertz CT molecular complexity index is 1040. The van der Waals surface area contributed by atoms with Crippen LogP contribution >= 0.6 is 8.18 Å². The Morgan fingerprint density at radius 1 is 1.19 bits per heavy atom. The van der Waals surface area contributed by atoms with Crippen molar-refractivity contribution in [3.63, 3.8) is 0 Å². The smallest absolute Gasteiger partial charge is 0.353 e. The van der Waals surface area contributed by atoms with Gasteiger partial charge in [-0.2, -0.15) is 4.98 Å². The first-order valence-electron chi connectivity index (χ1n) is 12.8. The second kappa shape index (κ2) is 14.4. The van der Waals surface area contributed by atoms with Crippen molar-refractivity contribution in [3.05, 3.63) is 28.3 Å². The minimum atomic E-state index is -2.81. The average Bonchev–Trinajstić information content (AvgIpc) is 3.53. The highest BCUT2D eigenvalue weighted by Crippen LogP contribution is 2.54. The van der Waals surface area contributed by atoms with E-state index in [9.17, 15) is 18.9 Å². The van der Waals surface area contributed by atoms with Gasteiger partial charge in [-0.05, 0) is 43.7 Å². The number of rotatable bonds is 16. The van der Waals surface area contributed by atoms with Crippen LogP contribution in [0.4, 0.5) is 5.82 Å². The van der Waals surface area contributed by atoms with Crippen LogP contribution in [0.15, 0.2) is 22.6 Å². The summed E-state index contributed by atoms with van der Waals surface area (Å²) in [6, 6.07) is 0.687. The molecule has 3 atom stereocenters. The summed E-state index contributed by atoms with van der Waals surface area (Å²) in [5.41, 5.74) is 5.04. The molecular formula is C25H41N4O7P. The number of nitrogens with two attached hydrogens (primary N) is 1. The van der Waals surface area contributed by atoms with Gasteiger partial charge in [0.05, 0.1) is 24.5 Å². The molecule has 2 unspecified atom stereocenters. The molecule has 1 saturated carbocycles. The molecule has 0 radical (unpaired) electrons. The fourth-order valence-corrected chi connectivity index (χ4v) is 4.80. The summed E-state index contributed by atoms with van der Waals surface area (Å²) in [6.45, 7) is 9.55. The number of nitrogens with zero attached hydrogens (tertiary/aromatic N) is 2. The number of aromatic nitrogens is 2. The molecule has 0 spiro atoms. The Hall–Kier alpha value is -2.49. The van der Waals surface area contributed by atoms with Gasteiger partial charge in [-0.15, -0.1) is 0 Å². The van der Waals surface area contributed by atoms with E-state index in [-0.39, 0.29) is 30.9 Å². The van der Waals surface area contributed by atoms with Gasteiger partial charge in [0, 0.05) is 12.4 Å². The summed E-state index contributed by atoms with van der Waals surface area (Å²) in [4.78, 5) is 40.2. The lowest BCUT2D eigenvalue weighted by Gasteiger charge is -2.19. The lowest BCUT2D eigenvalue weighted by atomic mass is 9.99. The minimum absolute atomic E-state index is 0.00991. The third-order valence-electron chi connectivity index (χ3n) is 6.22. The van der Waals surface area contributed by atoms with E-state index in [4.69, 9.17) is 19.7 Å². The molecule has 1 aliphatic carbocycles. The molecule has 0 aromatic carbocycles. The van der Waals surface area contributed by atoms with Crippen LogP contribution in [-0.4, -0.2) is 47.4 Å². The highest BCUT2D eigenvalue weighted by molar-refractivity contribution is 7.36. The number of nitrogens with one attached hydrogen (secondary N) is 1. The van der Waals surface area contributed by atoms with Crippen molar-refractivity contribution >= 4 is 32.1 Å². The number of nitrogen functional groups attached to an aromatic ring is 1. The second-order valence-corrected chi connectivity index (χ2v) is 11.1. The quantitative estimate of drug-likeness (QED) is 0.236.